The number of hydrogen-bond donors (Lipinski definition) is 1. The molecule has 0 amide bonds. The van der Waals surface area contributed by atoms with Crippen molar-refractivity contribution in [2.45, 2.75) is 123 Å². The molecular weight excluding hydrogens is 266 g/mol. The molecule has 0 aromatic rings. The average molecular weight is 309 g/mol. The minimum absolute atomic E-state index is 0.265. The molecule has 0 aromatic carbocycles. The summed E-state index contributed by atoms with van der Waals surface area (Å²) in [6.07, 6.45) is 19.5. The van der Waals surface area contributed by atoms with Gasteiger partial charge in [-0.05, 0) is 52.9 Å². The van der Waals surface area contributed by atoms with Gasteiger partial charge < -0.3 is 5.32 Å². The SMILES string of the molecule is CCCCCCCCCCCCC1[CH]CC(C)(C)NC1(C)C. The number of nitrogens with one attached hydrogen (secondary N) is 1. The van der Waals surface area contributed by atoms with E-state index in [4.69, 9.17) is 0 Å². The van der Waals surface area contributed by atoms with Crippen LogP contribution in [0.3, 0.4) is 0 Å². The molecule has 1 heteroatoms. The molecule has 131 valence electrons. The Bertz CT molecular complexity index is 280. The molecule has 1 heterocycles. The Kier molecular flexibility index (Phi) is 9.05. The van der Waals surface area contributed by atoms with Gasteiger partial charge in [-0.2, -0.15) is 0 Å². The van der Waals surface area contributed by atoms with E-state index in [1.54, 1.807) is 0 Å². The van der Waals surface area contributed by atoms with Crippen LogP contribution in [0.4, 0.5) is 0 Å². The smallest absolute Gasteiger partial charge is 0.0161 e. The van der Waals surface area contributed by atoms with Crippen LogP contribution in [0.25, 0.3) is 0 Å². The number of rotatable bonds is 11. The molecule has 0 spiro atoms. The van der Waals surface area contributed by atoms with Gasteiger partial charge in [0.25, 0.3) is 0 Å². The van der Waals surface area contributed by atoms with Crippen LogP contribution < -0.4 is 5.32 Å². The van der Waals surface area contributed by atoms with Gasteiger partial charge in [0, 0.05) is 11.1 Å². The van der Waals surface area contributed by atoms with E-state index in [9.17, 15) is 0 Å². The lowest BCUT2D eigenvalue weighted by molar-refractivity contribution is 0.147. The van der Waals surface area contributed by atoms with Crippen LogP contribution in [0.15, 0.2) is 0 Å². The van der Waals surface area contributed by atoms with Crippen molar-refractivity contribution in [1.29, 1.82) is 0 Å². The topological polar surface area (TPSA) is 12.0 Å². The minimum atomic E-state index is 0.265. The molecule has 0 aromatic heterocycles. The minimum Gasteiger partial charge on any atom is -0.307 e. The predicted octanol–water partition coefficient (Wildman–Crippen LogP) is 6.67. The summed E-state index contributed by atoms with van der Waals surface area (Å²) < 4.78 is 0. The molecule has 22 heavy (non-hydrogen) atoms. The molecule has 0 bridgehead atoms. The van der Waals surface area contributed by atoms with E-state index >= 15 is 0 Å². The van der Waals surface area contributed by atoms with Crippen molar-refractivity contribution in [1.82, 2.24) is 5.32 Å². The molecule has 1 aliphatic heterocycles. The summed E-state index contributed by atoms with van der Waals surface area (Å²) in [5.41, 5.74) is 0.540. The zero-order valence-electron chi connectivity index (χ0n) is 16.1. The van der Waals surface area contributed by atoms with Crippen LogP contribution in [0.1, 0.15) is 112 Å². The van der Waals surface area contributed by atoms with Gasteiger partial charge in [-0.25, -0.2) is 0 Å². The van der Waals surface area contributed by atoms with Gasteiger partial charge in [0.2, 0.25) is 0 Å². The summed E-state index contributed by atoms with van der Waals surface area (Å²) in [5.74, 6) is 0.745. The van der Waals surface area contributed by atoms with Crippen molar-refractivity contribution in [3.63, 3.8) is 0 Å². The van der Waals surface area contributed by atoms with Crippen molar-refractivity contribution in [2.75, 3.05) is 0 Å². The van der Waals surface area contributed by atoms with E-state index in [0.717, 1.165) is 5.92 Å². The predicted molar refractivity (Wildman–Crippen MR) is 100 cm³/mol. The zero-order valence-corrected chi connectivity index (χ0v) is 16.1. The Hall–Kier alpha value is -0.0400. The molecule has 1 atom stereocenters. The summed E-state index contributed by atoms with van der Waals surface area (Å²) >= 11 is 0. The van der Waals surface area contributed by atoms with Crippen LogP contribution in [0, 0.1) is 12.3 Å². The third kappa shape index (κ3) is 7.99. The number of unbranched alkanes of at least 4 members (excludes halogenated alkanes) is 9. The average Bonchev–Trinajstić information content (AvgIpc) is 2.41. The monoisotopic (exact) mass is 308 g/mol. The lowest BCUT2D eigenvalue weighted by atomic mass is 9.72. The second-order valence-electron chi connectivity index (χ2n) is 8.75. The van der Waals surface area contributed by atoms with Gasteiger partial charge in [-0.3, -0.25) is 0 Å². The fourth-order valence-corrected chi connectivity index (χ4v) is 4.08. The first-order chi connectivity index (χ1) is 10.4. The normalized spacial score (nSPS) is 23.6. The van der Waals surface area contributed by atoms with Crippen molar-refractivity contribution < 1.29 is 0 Å². The first kappa shape index (κ1) is 20.0. The highest BCUT2D eigenvalue weighted by Gasteiger charge is 2.39. The Balaban J connectivity index is 2.01. The molecule has 1 N–H and O–H groups in total. The maximum atomic E-state index is 3.84. The van der Waals surface area contributed by atoms with Crippen molar-refractivity contribution in [3.8, 4) is 0 Å². The van der Waals surface area contributed by atoms with E-state index in [-0.39, 0.29) is 11.1 Å². The third-order valence-electron chi connectivity index (χ3n) is 5.37. The summed E-state index contributed by atoms with van der Waals surface area (Å²) in [5, 5.41) is 3.84. The summed E-state index contributed by atoms with van der Waals surface area (Å²) in [6, 6.07) is 0. The van der Waals surface area contributed by atoms with Crippen LogP contribution in [0.2, 0.25) is 0 Å². The molecule has 1 nitrogen and oxygen atoms in total. The molecule has 1 radical (unpaired) electrons. The Labute approximate surface area is 141 Å². The molecule has 1 fully saturated rings. The van der Waals surface area contributed by atoms with Crippen LogP contribution in [0.5, 0.6) is 0 Å². The van der Waals surface area contributed by atoms with Crippen molar-refractivity contribution in [2.24, 2.45) is 5.92 Å². The molecule has 1 rings (SSSR count). The second kappa shape index (κ2) is 9.96. The maximum absolute atomic E-state index is 3.84. The van der Waals surface area contributed by atoms with Gasteiger partial charge in [0.1, 0.15) is 0 Å². The van der Waals surface area contributed by atoms with Crippen molar-refractivity contribution in [3.05, 3.63) is 6.42 Å². The van der Waals surface area contributed by atoms with Gasteiger partial charge in [-0.1, -0.05) is 71.1 Å². The van der Waals surface area contributed by atoms with Crippen LogP contribution in [-0.2, 0) is 0 Å². The lowest BCUT2D eigenvalue weighted by Gasteiger charge is -2.48. The van der Waals surface area contributed by atoms with E-state index < -0.39 is 0 Å². The Morgan fingerprint density at radius 3 is 1.82 bits per heavy atom. The van der Waals surface area contributed by atoms with Gasteiger partial charge in [-0.15, -0.1) is 0 Å². The zero-order chi connectivity index (χ0) is 16.5. The van der Waals surface area contributed by atoms with Gasteiger partial charge in [0.05, 0.1) is 0 Å². The van der Waals surface area contributed by atoms with E-state index in [0.29, 0.717) is 0 Å². The number of hydrogen-bond acceptors (Lipinski definition) is 1. The van der Waals surface area contributed by atoms with Gasteiger partial charge in [0.15, 0.2) is 0 Å². The van der Waals surface area contributed by atoms with E-state index in [1.807, 2.05) is 0 Å². The fraction of sp³-hybridized carbons (Fsp3) is 0.952. The Morgan fingerprint density at radius 1 is 0.818 bits per heavy atom. The highest BCUT2D eigenvalue weighted by Crippen LogP contribution is 2.35. The van der Waals surface area contributed by atoms with Crippen LogP contribution in [-0.4, -0.2) is 11.1 Å². The Morgan fingerprint density at radius 2 is 1.32 bits per heavy atom. The number of piperidine rings is 1. The van der Waals surface area contributed by atoms with Crippen molar-refractivity contribution >= 4 is 0 Å². The fourth-order valence-electron chi connectivity index (χ4n) is 4.08. The van der Waals surface area contributed by atoms with Gasteiger partial charge >= 0.3 is 0 Å². The molecule has 1 aliphatic rings. The molecule has 1 saturated heterocycles. The standard InChI is InChI=1S/C21H42N/c1-6-7-8-9-10-11-12-13-14-15-16-19-17-18-20(2,3)22-21(19,4)5/h17,19,22H,6-16,18H2,1-5H3. The lowest BCUT2D eigenvalue weighted by Crippen LogP contribution is -2.60. The quantitative estimate of drug-likeness (QED) is 0.420. The first-order valence-electron chi connectivity index (χ1n) is 10.00. The molecule has 1 unspecified atom stereocenters. The second-order valence-corrected chi connectivity index (χ2v) is 8.75. The van der Waals surface area contributed by atoms with E-state index in [2.05, 4.69) is 46.4 Å². The highest BCUT2D eigenvalue weighted by molar-refractivity contribution is 5.05. The maximum Gasteiger partial charge on any atom is 0.0161 e. The largest absolute Gasteiger partial charge is 0.307 e. The summed E-state index contributed by atoms with van der Waals surface area (Å²) in [7, 11) is 0. The van der Waals surface area contributed by atoms with E-state index in [1.165, 1.54) is 77.0 Å². The third-order valence-corrected chi connectivity index (χ3v) is 5.37. The summed E-state index contributed by atoms with van der Waals surface area (Å²) in [4.78, 5) is 0. The highest BCUT2D eigenvalue weighted by atomic mass is 15.1. The molecule has 0 saturated carbocycles. The first-order valence-corrected chi connectivity index (χ1v) is 10.00. The van der Waals surface area contributed by atoms with Crippen LogP contribution >= 0.6 is 0 Å². The molecular formula is C21H42N. The summed E-state index contributed by atoms with van der Waals surface area (Å²) in [6.45, 7) is 11.7. The molecule has 0 aliphatic carbocycles.